The van der Waals surface area contributed by atoms with E-state index >= 15 is 0 Å². The monoisotopic (exact) mass is 271 g/mol. The Morgan fingerprint density at radius 1 is 1.27 bits per heavy atom. The minimum atomic E-state index is 0.792. The van der Waals surface area contributed by atoms with Crippen LogP contribution < -0.4 is 5.32 Å². The lowest BCUT2D eigenvalue weighted by Gasteiger charge is -2.06. The van der Waals surface area contributed by atoms with Crippen molar-refractivity contribution >= 4 is 21.7 Å². The lowest BCUT2D eigenvalue weighted by molar-refractivity contribution is 0.684. The normalized spacial score (nSPS) is 10.3. The van der Waals surface area contributed by atoms with Gasteiger partial charge in [0.1, 0.15) is 16.2 Å². The molecule has 0 bridgehead atoms. The molecule has 4 heteroatoms. The molecule has 0 atom stereocenters. The van der Waals surface area contributed by atoms with Gasteiger partial charge in [0.15, 0.2) is 0 Å². The minimum Gasteiger partial charge on any atom is -0.370 e. The molecule has 0 saturated heterocycles. The predicted molar refractivity (Wildman–Crippen MR) is 67.1 cm³/mol. The first kappa shape index (κ1) is 12.4. The van der Waals surface area contributed by atoms with E-state index in [-0.39, 0.29) is 0 Å². The number of hydrogen-bond acceptors (Lipinski definition) is 3. The van der Waals surface area contributed by atoms with E-state index in [0.29, 0.717) is 0 Å². The number of unbranched alkanes of at least 4 members (excludes halogenated alkanes) is 3. The van der Waals surface area contributed by atoms with Crippen LogP contribution in [0.1, 0.15) is 38.4 Å². The van der Waals surface area contributed by atoms with Gasteiger partial charge in [-0.15, -0.1) is 0 Å². The molecule has 1 heterocycles. The topological polar surface area (TPSA) is 37.8 Å². The molecule has 1 N–H and O–H groups in total. The summed E-state index contributed by atoms with van der Waals surface area (Å²) in [5.41, 5.74) is 0. The number of aromatic nitrogens is 2. The number of rotatable bonds is 6. The van der Waals surface area contributed by atoms with Crippen molar-refractivity contribution in [1.82, 2.24) is 9.97 Å². The quantitative estimate of drug-likeness (QED) is 0.635. The molecule has 0 radical (unpaired) electrons. The highest BCUT2D eigenvalue weighted by Crippen LogP contribution is 2.12. The van der Waals surface area contributed by atoms with E-state index in [0.717, 1.165) is 22.8 Å². The Balaban J connectivity index is 2.31. The number of halogens is 1. The van der Waals surface area contributed by atoms with Crippen LogP contribution >= 0.6 is 15.9 Å². The summed E-state index contributed by atoms with van der Waals surface area (Å²) in [5, 5.41) is 3.30. The zero-order valence-corrected chi connectivity index (χ0v) is 11.0. The van der Waals surface area contributed by atoms with Crippen LogP contribution in [0.4, 0.5) is 5.82 Å². The fourth-order valence-corrected chi connectivity index (χ4v) is 1.86. The SMILES string of the molecule is CCCCCCNc1cc(Br)nc(C)n1. The second kappa shape index (κ2) is 6.77. The van der Waals surface area contributed by atoms with Gasteiger partial charge in [-0.2, -0.15) is 0 Å². The van der Waals surface area contributed by atoms with Crippen molar-refractivity contribution < 1.29 is 0 Å². The highest BCUT2D eigenvalue weighted by molar-refractivity contribution is 9.10. The van der Waals surface area contributed by atoms with E-state index in [1.165, 1.54) is 25.7 Å². The first-order valence-corrected chi connectivity index (χ1v) is 6.26. The van der Waals surface area contributed by atoms with Gasteiger partial charge < -0.3 is 5.32 Å². The van der Waals surface area contributed by atoms with Crippen LogP contribution in [0.2, 0.25) is 0 Å². The highest BCUT2D eigenvalue weighted by atomic mass is 79.9. The largest absolute Gasteiger partial charge is 0.370 e. The van der Waals surface area contributed by atoms with E-state index < -0.39 is 0 Å². The average molecular weight is 272 g/mol. The Bertz CT molecular complexity index is 282. The van der Waals surface area contributed by atoms with Gasteiger partial charge >= 0.3 is 0 Å². The Morgan fingerprint density at radius 2 is 2.07 bits per heavy atom. The number of anilines is 1. The second-order valence-electron chi connectivity index (χ2n) is 3.61. The molecule has 0 unspecified atom stereocenters. The molecule has 15 heavy (non-hydrogen) atoms. The maximum Gasteiger partial charge on any atom is 0.130 e. The van der Waals surface area contributed by atoms with Crippen molar-refractivity contribution in [3.63, 3.8) is 0 Å². The molecule has 1 aromatic heterocycles. The number of nitrogens with one attached hydrogen (secondary N) is 1. The summed E-state index contributed by atoms with van der Waals surface area (Å²) in [7, 11) is 0. The van der Waals surface area contributed by atoms with Gasteiger partial charge in [-0.05, 0) is 29.3 Å². The molecule has 0 aliphatic rings. The molecule has 84 valence electrons. The number of aryl methyl sites for hydroxylation is 1. The van der Waals surface area contributed by atoms with Crippen LogP contribution in [-0.2, 0) is 0 Å². The first-order chi connectivity index (χ1) is 7.22. The Morgan fingerprint density at radius 3 is 2.73 bits per heavy atom. The number of nitrogens with zero attached hydrogens (tertiary/aromatic N) is 2. The third-order valence-corrected chi connectivity index (χ3v) is 2.55. The Hall–Kier alpha value is -0.640. The van der Waals surface area contributed by atoms with Crippen LogP contribution in [0, 0.1) is 6.92 Å². The predicted octanol–water partition coefficient (Wildman–Crippen LogP) is 3.54. The number of hydrogen-bond donors (Lipinski definition) is 1. The molecule has 3 nitrogen and oxygen atoms in total. The lowest BCUT2D eigenvalue weighted by atomic mass is 10.2. The van der Waals surface area contributed by atoms with Crippen molar-refractivity contribution in [3.8, 4) is 0 Å². The van der Waals surface area contributed by atoms with E-state index in [2.05, 4.69) is 38.1 Å². The summed E-state index contributed by atoms with van der Waals surface area (Å²) < 4.78 is 0.839. The highest BCUT2D eigenvalue weighted by Gasteiger charge is 1.98. The molecule has 0 amide bonds. The van der Waals surface area contributed by atoms with E-state index in [4.69, 9.17) is 0 Å². The van der Waals surface area contributed by atoms with E-state index in [9.17, 15) is 0 Å². The van der Waals surface area contributed by atoms with Crippen molar-refractivity contribution in [2.75, 3.05) is 11.9 Å². The van der Waals surface area contributed by atoms with Crippen LogP contribution in [0.3, 0.4) is 0 Å². The van der Waals surface area contributed by atoms with Gasteiger partial charge in [-0.1, -0.05) is 26.2 Å². The smallest absolute Gasteiger partial charge is 0.130 e. The second-order valence-corrected chi connectivity index (χ2v) is 4.42. The van der Waals surface area contributed by atoms with Gasteiger partial charge in [0, 0.05) is 12.6 Å². The summed E-state index contributed by atoms with van der Waals surface area (Å²) in [6.45, 7) is 5.11. The third kappa shape index (κ3) is 5.11. The Labute approximate surface area is 99.8 Å². The molecule has 1 aromatic rings. The van der Waals surface area contributed by atoms with E-state index in [1.807, 2.05) is 13.0 Å². The third-order valence-electron chi connectivity index (χ3n) is 2.14. The van der Waals surface area contributed by atoms with Crippen molar-refractivity contribution in [2.45, 2.75) is 39.5 Å². The summed E-state index contributed by atoms with van der Waals surface area (Å²) >= 11 is 3.36. The molecule has 0 aliphatic carbocycles. The molecule has 1 rings (SSSR count). The van der Waals surface area contributed by atoms with Crippen LogP contribution in [0.5, 0.6) is 0 Å². The maximum atomic E-state index is 4.30. The fraction of sp³-hybridized carbons (Fsp3) is 0.636. The van der Waals surface area contributed by atoms with Crippen LogP contribution in [0.25, 0.3) is 0 Å². The minimum absolute atomic E-state index is 0.792. The molecule has 0 aliphatic heterocycles. The van der Waals surface area contributed by atoms with Crippen molar-refractivity contribution in [2.24, 2.45) is 0 Å². The summed E-state index contributed by atoms with van der Waals surface area (Å²) in [6, 6.07) is 1.91. The average Bonchev–Trinajstić information content (AvgIpc) is 2.16. The zero-order chi connectivity index (χ0) is 11.1. The fourth-order valence-electron chi connectivity index (χ4n) is 1.39. The molecular formula is C11H18BrN3. The maximum absolute atomic E-state index is 4.30. The van der Waals surface area contributed by atoms with Crippen molar-refractivity contribution in [3.05, 3.63) is 16.5 Å². The zero-order valence-electron chi connectivity index (χ0n) is 9.39. The Kier molecular flexibility index (Phi) is 5.61. The van der Waals surface area contributed by atoms with Crippen LogP contribution in [0.15, 0.2) is 10.7 Å². The van der Waals surface area contributed by atoms with Crippen molar-refractivity contribution in [1.29, 1.82) is 0 Å². The van der Waals surface area contributed by atoms with Crippen LogP contribution in [-0.4, -0.2) is 16.5 Å². The standard InChI is InChI=1S/C11H18BrN3/c1-3-4-5-6-7-13-11-8-10(12)14-9(2)15-11/h8H,3-7H2,1-2H3,(H,13,14,15). The van der Waals surface area contributed by atoms with E-state index in [1.54, 1.807) is 0 Å². The summed E-state index contributed by atoms with van der Waals surface area (Å²) in [5.74, 6) is 1.70. The summed E-state index contributed by atoms with van der Waals surface area (Å²) in [6.07, 6.45) is 5.08. The van der Waals surface area contributed by atoms with Gasteiger partial charge in [-0.25, -0.2) is 9.97 Å². The van der Waals surface area contributed by atoms with Gasteiger partial charge in [-0.3, -0.25) is 0 Å². The molecular weight excluding hydrogens is 254 g/mol. The lowest BCUT2D eigenvalue weighted by Crippen LogP contribution is -2.04. The molecule has 0 saturated carbocycles. The van der Waals surface area contributed by atoms with Gasteiger partial charge in [0.2, 0.25) is 0 Å². The molecule has 0 fully saturated rings. The van der Waals surface area contributed by atoms with Gasteiger partial charge in [0.25, 0.3) is 0 Å². The molecule has 0 spiro atoms. The van der Waals surface area contributed by atoms with Gasteiger partial charge in [0.05, 0.1) is 0 Å². The first-order valence-electron chi connectivity index (χ1n) is 5.47. The summed E-state index contributed by atoms with van der Waals surface area (Å²) in [4.78, 5) is 8.46. The molecule has 0 aromatic carbocycles.